The molecule has 0 spiro atoms. The predicted molar refractivity (Wildman–Crippen MR) is 109 cm³/mol. The van der Waals surface area contributed by atoms with Gasteiger partial charge in [0, 0.05) is 14.2 Å². The number of nitrogens with zero attached hydrogens (tertiary/aromatic N) is 1. The van der Waals surface area contributed by atoms with Crippen molar-refractivity contribution in [2.75, 3.05) is 5.01 Å². The molecule has 122 valence electrons. The molecule has 2 amide bonds. The second-order valence-corrected chi connectivity index (χ2v) is 7.79. The van der Waals surface area contributed by atoms with Gasteiger partial charge in [-0.15, -0.1) is 0 Å². The Hall–Kier alpha value is -1.33. The Kier molecular flexibility index (Phi) is 5.02. The number of hydrogen-bond acceptors (Lipinski definition) is 3. The van der Waals surface area contributed by atoms with E-state index >= 15 is 0 Å². The first-order chi connectivity index (χ1) is 11.4. The SMILES string of the molecule is O=C1NN(c2ccc(Cl)cc2)C(=O)/C1=C\c1cc(I)cc(I)c1O. The smallest absolute Gasteiger partial charge is 0.282 e. The maximum Gasteiger partial charge on any atom is 0.282 e. The Bertz CT molecular complexity index is 882. The summed E-state index contributed by atoms with van der Waals surface area (Å²) in [5, 5.41) is 11.8. The van der Waals surface area contributed by atoms with Crippen LogP contribution in [0.2, 0.25) is 5.02 Å². The first kappa shape index (κ1) is 17.5. The fourth-order valence-electron chi connectivity index (χ4n) is 2.18. The lowest BCUT2D eigenvalue weighted by atomic mass is 10.1. The van der Waals surface area contributed by atoms with E-state index < -0.39 is 11.8 Å². The minimum Gasteiger partial charge on any atom is -0.506 e. The number of hydrogen-bond donors (Lipinski definition) is 2. The summed E-state index contributed by atoms with van der Waals surface area (Å²) in [4.78, 5) is 24.7. The fraction of sp³-hybridized carbons (Fsp3) is 0. The van der Waals surface area contributed by atoms with Gasteiger partial charge in [-0.05, 0) is 87.7 Å². The highest BCUT2D eigenvalue weighted by Crippen LogP contribution is 2.30. The van der Waals surface area contributed by atoms with Gasteiger partial charge in [0.1, 0.15) is 11.3 Å². The van der Waals surface area contributed by atoms with Gasteiger partial charge in [0.25, 0.3) is 11.8 Å². The highest BCUT2D eigenvalue weighted by molar-refractivity contribution is 14.1. The van der Waals surface area contributed by atoms with Crippen molar-refractivity contribution in [1.82, 2.24) is 5.43 Å². The van der Waals surface area contributed by atoms with Gasteiger partial charge in [-0.25, -0.2) is 5.01 Å². The molecule has 2 aromatic carbocycles. The van der Waals surface area contributed by atoms with Crippen molar-refractivity contribution in [2.24, 2.45) is 0 Å². The van der Waals surface area contributed by atoms with Crippen LogP contribution >= 0.6 is 56.8 Å². The number of nitrogens with one attached hydrogen (secondary N) is 1. The van der Waals surface area contributed by atoms with Crippen LogP contribution in [-0.2, 0) is 9.59 Å². The summed E-state index contributed by atoms with van der Waals surface area (Å²) in [7, 11) is 0. The molecule has 0 aromatic heterocycles. The number of halogens is 3. The van der Waals surface area contributed by atoms with Crippen molar-refractivity contribution in [3.05, 3.63) is 59.7 Å². The van der Waals surface area contributed by atoms with Crippen molar-refractivity contribution >= 4 is 80.4 Å². The Morgan fingerprint density at radius 3 is 2.46 bits per heavy atom. The number of carbonyl (C=O) groups excluding carboxylic acids is 2. The van der Waals surface area contributed by atoms with E-state index in [-0.39, 0.29) is 11.3 Å². The van der Waals surface area contributed by atoms with Crippen molar-refractivity contribution in [1.29, 1.82) is 0 Å². The number of amides is 2. The van der Waals surface area contributed by atoms with Gasteiger partial charge in [0.05, 0.1) is 9.26 Å². The standard InChI is InChI=1S/C16H9ClI2N2O3/c17-9-1-3-11(4-2-9)21-16(24)12(15(23)20-21)6-8-5-10(18)7-13(19)14(8)22/h1-7,22H,(H,20,23)/b12-6-. The molecule has 0 radical (unpaired) electrons. The lowest BCUT2D eigenvalue weighted by molar-refractivity contribution is -0.117. The Morgan fingerprint density at radius 2 is 1.79 bits per heavy atom. The molecule has 0 saturated carbocycles. The van der Waals surface area contributed by atoms with Crippen LogP contribution < -0.4 is 10.4 Å². The number of phenols is 1. The molecular formula is C16H9ClI2N2O3. The summed E-state index contributed by atoms with van der Waals surface area (Å²) in [6.07, 6.45) is 1.40. The average Bonchev–Trinajstić information content (AvgIpc) is 2.81. The van der Waals surface area contributed by atoms with Crippen LogP contribution in [0.3, 0.4) is 0 Å². The van der Waals surface area contributed by atoms with E-state index in [0.29, 0.717) is 19.8 Å². The van der Waals surface area contributed by atoms with Gasteiger partial charge < -0.3 is 5.11 Å². The molecule has 8 heteroatoms. The Morgan fingerprint density at radius 1 is 1.12 bits per heavy atom. The third-order valence-corrected chi connectivity index (χ3v) is 5.03. The fourth-order valence-corrected chi connectivity index (χ4v) is 4.20. The lowest BCUT2D eigenvalue weighted by Crippen LogP contribution is -2.35. The Balaban J connectivity index is 1.99. The maximum atomic E-state index is 12.5. The van der Waals surface area contributed by atoms with Crippen molar-refractivity contribution < 1.29 is 14.7 Å². The van der Waals surface area contributed by atoms with E-state index in [1.165, 1.54) is 6.08 Å². The number of anilines is 1. The largest absolute Gasteiger partial charge is 0.506 e. The summed E-state index contributed by atoms with van der Waals surface area (Å²) in [5.41, 5.74) is 3.38. The van der Waals surface area contributed by atoms with Crippen LogP contribution in [0.25, 0.3) is 6.08 Å². The first-order valence-corrected chi connectivity index (χ1v) is 9.21. The molecule has 1 saturated heterocycles. The molecule has 1 aliphatic rings. The van der Waals surface area contributed by atoms with Crippen LogP contribution in [0.5, 0.6) is 5.75 Å². The molecule has 2 N–H and O–H groups in total. The minimum absolute atomic E-state index is 0.0362. The normalized spacial score (nSPS) is 16.0. The van der Waals surface area contributed by atoms with E-state index in [4.69, 9.17) is 11.6 Å². The van der Waals surface area contributed by atoms with Crippen LogP contribution in [0.1, 0.15) is 5.56 Å². The summed E-state index contributed by atoms with van der Waals surface area (Å²) in [6.45, 7) is 0. The summed E-state index contributed by atoms with van der Waals surface area (Å²) < 4.78 is 1.54. The van der Waals surface area contributed by atoms with Gasteiger partial charge in [-0.3, -0.25) is 15.0 Å². The molecule has 0 aliphatic carbocycles. The van der Waals surface area contributed by atoms with Gasteiger partial charge >= 0.3 is 0 Å². The van der Waals surface area contributed by atoms with E-state index in [9.17, 15) is 14.7 Å². The second kappa shape index (κ2) is 6.89. The average molecular weight is 567 g/mol. The number of hydrazine groups is 1. The van der Waals surface area contributed by atoms with Crippen LogP contribution in [0, 0.1) is 7.14 Å². The zero-order valence-corrected chi connectivity index (χ0v) is 17.0. The number of phenolic OH excluding ortho intramolecular Hbond substituents is 1. The summed E-state index contributed by atoms with van der Waals surface area (Å²) in [5.74, 6) is -0.979. The Labute approximate surface area is 169 Å². The maximum absolute atomic E-state index is 12.5. The molecule has 0 bridgehead atoms. The van der Waals surface area contributed by atoms with Crippen molar-refractivity contribution in [3.63, 3.8) is 0 Å². The topological polar surface area (TPSA) is 69.6 Å². The minimum atomic E-state index is -0.525. The molecule has 1 aliphatic heterocycles. The van der Waals surface area contributed by atoms with Gasteiger partial charge in [0.15, 0.2) is 0 Å². The number of rotatable bonds is 2. The van der Waals surface area contributed by atoms with Gasteiger partial charge in [-0.2, -0.15) is 0 Å². The third kappa shape index (κ3) is 3.38. The molecule has 0 atom stereocenters. The molecule has 2 aromatic rings. The van der Waals surface area contributed by atoms with Gasteiger partial charge in [0.2, 0.25) is 0 Å². The predicted octanol–water partition coefficient (Wildman–Crippen LogP) is 3.72. The molecular weight excluding hydrogens is 557 g/mol. The first-order valence-electron chi connectivity index (χ1n) is 6.67. The lowest BCUT2D eigenvalue weighted by Gasteiger charge is -2.14. The van der Waals surface area contributed by atoms with E-state index in [1.807, 2.05) is 22.6 Å². The van der Waals surface area contributed by atoms with Crippen molar-refractivity contribution in [3.8, 4) is 5.75 Å². The zero-order chi connectivity index (χ0) is 17.4. The monoisotopic (exact) mass is 566 g/mol. The quantitative estimate of drug-likeness (QED) is 0.331. The second-order valence-electron chi connectivity index (χ2n) is 4.94. The highest BCUT2D eigenvalue weighted by atomic mass is 127. The summed E-state index contributed by atoms with van der Waals surface area (Å²) >= 11 is 9.94. The molecule has 0 unspecified atom stereocenters. The van der Waals surface area contributed by atoms with Crippen LogP contribution in [0.4, 0.5) is 5.69 Å². The molecule has 3 rings (SSSR count). The number of aromatic hydroxyl groups is 1. The van der Waals surface area contributed by atoms with E-state index in [2.05, 4.69) is 28.0 Å². The van der Waals surface area contributed by atoms with Gasteiger partial charge in [-0.1, -0.05) is 11.6 Å². The summed E-state index contributed by atoms with van der Waals surface area (Å²) in [6, 6.07) is 10.0. The highest BCUT2D eigenvalue weighted by Gasteiger charge is 2.34. The number of carbonyl (C=O) groups is 2. The van der Waals surface area contributed by atoms with Crippen molar-refractivity contribution in [2.45, 2.75) is 0 Å². The van der Waals surface area contributed by atoms with E-state index in [1.54, 1.807) is 36.4 Å². The zero-order valence-electron chi connectivity index (χ0n) is 11.9. The van der Waals surface area contributed by atoms with E-state index in [0.717, 1.165) is 8.58 Å². The molecule has 5 nitrogen and oxygen atoms in total. The molecule has 24 heavy (non-hydrogen) atoms. The van der Waals surface area contributed by atoms with Crippen LogP contribution in [-0.4, -0.2) is 16.9 Å². The molecule has 1 fully saturated rings. The third-order valence-electron chi connectivity index (χ3n) is 3.33. The number of benzene rings is 2. The van der Waals surface area contributed by atoms with Crippen LogP contribution in [0.15, 0.2) is 42.0 Å². The molecule has 1 heterocycles.